The summed E-state index contributed by atoms with van der Waals surface area (Å²) in [7, 11) is -3.08. The van der Waals surface area contributed by atoms with E-state index in [2.05, 4.69) is 12.2 Å². The Labute approximate surface area is 110 Å². The third-order valence-corrected chi connectivity index (χ3v) is 4.52. The van der Waals surface area contributed by atoms with Crippen LogP contribution in [0.2, 0.25) is 0 Å². The first-order valence-corrected chi connectivity index (χ1v) is 8.36. The van der Waals surface area contributed by atoms with Crippen LogP contribution in [-0.2, 0) is 16.4 Å². The summed E-state index contributed by atoms with van der Waals surface area (Å²) >= 11 is 0. The Morgan fingerprint density at radius 1 is 1.28 bits per heavy atom. The van der Waals surface area contributed by atoms with Gasteiger partial charge < -0.3 is 5.32 Å². The number of benzene rings is 1. The maximum Gasteiger partial charge on any atom is 0.175 e. The van der Waals surface area contributed by atoms with Crippen molar-refractivity contribution in [2.24, 2.45) is 5.92 Å². The average Bonchev–Trinajstić information content (AvgIpc) is 3.10. The van der Waals surface area contributed by atoms with Crippen LogP contribution in [0.4, 0.5) is 0 Å². The predicted molar refractivity (Wildman–Crippen MR) is 73.2 cm³/mol. The van der Waals surface area contributed by atoms with Crippen molar-refractivity contribution in [2.45, 2.75) is 43.7 Å². The Bertz CT molecular complexity index is 489. The van der Waals surface area contributed by atoms with Gasteiger partial charge >= 0.3 is 0 Å². The van der Waals surface area contributed by atoms with Gasteiger partial charge in [-0.1, -0.05) is 25.0 Å². The van der Waals surface area contributed by atoms with E-state index < -0.39 is 9.84 Å². The van der Waals surface area contributed by atoms with Crippen LogP contribution in [0.25, 0.3) is 0 Å². The normalized spacial score (nSPS) is 17.7. The van der Waals surface area contributed by atoms with E-state index in [1.54, 1.807) is 12.1 Å². The second-order valence-corrected chi connectivity index (χ2v) is 7.39. The summed E-state index contributed by atoms with van der Waals surface area (Å²) in [6, 6.07) is 7.66. The molecule has 100 valence electrons. The fraction of sp³-hybridized carbons (Fsp3) is 0.571. The lowest BCUT2D eigenvalue weighted by molar-refractivity contribution is 0.487. The molecule has 0 aromatic heterocycles. The molecule has 0 radical (unpaired) electrons. The van der Waals surface area contributed by atoms with E-state index >= 15 is 0 Å². The van der Waals surface area contributed by atoms with Gasteiger partial charge in [-0.2, -0.15) is 0 Å². The van der Waals surface area contributed by atoms with E-state index in [1.165, 1.54) is 25.5 Å². The second-order valence-electron chi connectivity index (χ2n) is 5.38. The lowest BCUT2D eigenvalue weighted by Gasteiger charge is -2.13. The summed E-state index contributed by atoms with van der Waals surface area (Å²) in [5.41, 5.74) is 1.13. The van der Waals surface area contributed by atoms with Gasteiger partial charge in [0.25, 0.3) is 0 Å². The van der Waals surface area contributed by atoms with E-state index in [0.717, 1.165) is 18.0 Å². The summed E-state index contributed by atoms with van der Waals surface area (Å²) in [6.45, 7) is 3.02. The first-order chi connectivity index (χ1) is 8.45. The molecule has 1 aromatic rings. The molecule has 1 N–H and O–H groups in total. The van der Waals surface area contributed by atoms with Crippen molar-refractivity contribution in [1.82, 2.24) is 5.32 Å². The van der Waals surface area contributed by atoms with Gasteiger partial charge in [-0.05, 0) is 37.0 Å². The highest BCUT2D eigenvalue weighted by Crippen LogP contribution is 2.33. The van der Waals surface area contributed by atoms with Crippen molar-refractivity contribution in [2.75, 3.05) is 6.26 Å². The molecule has 2 rings (SSSR count). The second kappa shape index (κ2) is 5.41. The monoisotopic (exact) mass is 267 g/mol. The Hall–Kier alpha value is -0.870. The van der Waals surface area contributed by atoms with E-state index in [0.29, 0.717) is 10.9 Å². The molecular formula is C14H21NO2S. The quantitative estimate of drug-likeness (QED) is 0.860. The first-order valence-electron chi connectivity index (χ1n) is 6.47. The van der Waals surface area contributed by atoms with Gasteiger partial charge in [0.1, 0.15) is 0 Å². The third-order valence-electron chi connectivity index (χ3n) is 3.39. The Morgan fingerprint density at radius 3 is 2.39 bits per heavy atom. The average molecular weight is 267 g/mol. The van der Waals surface area contributed by atoms with E-state index in [-0.39, 0.29) is 0 Å². The zero-order valence-corrected chi connectivity index (χ0v) is 11.8. The largest absolute Gasteiger partial charge is 0.310 e. The van der Waals surface area contributed by atoms with Gasteiger partial charge in [-0.15, -0.1) is 0 Å². The maximum atomic E-state index is 11.3. The predicted octanol–water partition coefficient (Wildman–Crippen LogP) is 2.37. The van der Waals surface area contributed by atoms with Crippen LogP contribution in [0.3, 0.4) is 0 Å². The highest BCUT2D eigenvalue weighted by Gasteiger charge is 2.23. The Morgan fingerprint density at radius 2 is 1.89 bits per heavy atom. The minimum absolute atomic E-state index is 0.386. The minimum Gasteiger partial charge on any atom is -0.310 e. The molecule has 1 aliphatic carbocycles. The van der Waals surface area contributed by atoms with E-state index in [9.17, 15) is 8.42 Å². The van der Waals surface area contributed by atoms with Gasteiger partial charge in [0.15, 0.2) is 9.84 Å². The Kier molecular flexibility index (Phi) is 4.07. The minimum atomic E-state index is -3.08. The molecule has 1 unspecified atom stereocenters. The van der Waals surface area contributed by atoms with Crippen molar-refractivity contribution in [3.05, 3.63) is 29.8 Å². The summed E-state index contributed by atoms with van der Waals surface area (Å²) in [6.07, 6.45) is 5.25. The van der Waals surface area contributed by atoms with Crippen LogP contribution >= 0.6 is 0 Å². The number of nitrogens with one attached hydrogen (secondary N) is 1. The molecular weight excluding hydrogens is 246 g/mol. The summed E-state index contributed by atoms with van der Waals surface area (Å²) in [5, 5.41) is 3.48. The highest BCUT2D eigenvalue weighted by atomic mass is 32.2. The van der Waals surface area contributed by atoms with Crippen LogP contribution in [0.5, 0.6) is 0 Å². The maximum absolute atomic E-state index is 11.3. The SMILES string of the molecule is CC(CC1CC1)NCc1ccc(S(C)(=O)=O)cc1. The molecule has 1 aliphatic rings. The van der Waals surface area contributed by atoms with Crippen LogP contribution < -0.4 is 5.32 Å². The summed E-state index contributed by atoms with van der Waals surface area (Å²) in [4.78, 5) is 0.386. The van der Waals surface area contributed by atoms with E-state index in [4.69, 9.17) is 0 Å². The number of hydrogen-bond acceptors (Lipinski definition) is 3. The van der Waals surface area contributed by atoms with Crippen molar-refractivity contribution < 1.29 is 8.42 Å². The van der Waals surface area contributed by atoms with Crippen molar-refractivity contribution in [3.8, 4) is 0 Å². The van der Waals surface area contributed by atoms with Crippen LogP contribution in [0.1, 0.15) is 31.7 Å². The molecule has 0 aliphatic heterocycles. The molecule has 0 amide bonds. The van der Waals surface area contributed by atoms with Gasteiger partial charge in [-0.3, -0.25) is 0 Å². The van der Waals surface area contributed by atoms with Gasteiger partial charge in [0.05, 0.1) is 4.90 Å². The highest BCUT2D eigenvalue weighted by molar-refractivity contribution is 7.90. The number of hydrogen-bond donors (Lipinski definition) is 1. The topological polar surface area (TPSA) is 46.2 Å². The van der Waals surface area contributed by atoms with Crippen LogP contribution in [0, 0.1) is 5.92 Å². The Balaban J connectivity index is 1.85. The molecule has 3 nitrogen and oxygen atoms in total. The molecule has 0 spiro atoms. The fourth-order valence-corrected chi connectivity index (χ4v) is 2.71. The zero-order chi connectivity index (χ0) is 13.2. The number of rotatable bonds is 6. The molecule has 1 aromatic carbocycles. The molecule has 0 heterocycles. The first kappa shape index (κ1) is 13.6. The fourth-order valence-electron chi connectivity index (χ4n) is 2.08. The van der Waals surface area contributed by atoms with Gasteiger partial charge in [-0.25, -0.2) is 8.42 Å². The molecule has 1 fully saturated rings. The van der Waals surface area contributed by atoms with Crippen LogP contribution in [-0.4, -0.2) is 20.7 Å². The van der Waals surface area contributed by atoms with E-state index in [1.807, 2.05) is 12.1 Å². The zero-order valence-electron chi connectivity index (χ0n) is 11.0. The molecule has 4 heteroatoms. The smallest absolute Gasteiger partial charge is 0.175 e. The standard InChI is InChI=1S/C14H21NO2S/c1-11(9-12-3-4-12)15-10-13-5-7-14(8-6-13)18(2,16)17/h5-8,11-12,15H,3-4,9-10H2,1-2H3. The molecule has 1 saturated carbocycles. The summed E-state index contributed by atoms with van der Waals surface area (Å²) < 4.78 is 22.6. The van der Waals surface area contributed by atoms with Crippen molar-refractivity contribution >= 4 is 9.84 Å². The molecule has 0 bridgehead atoms. The molecule has 18 heavy (non-hydrogen) atoms. The third kappa shape index (κ3) is 4.10. The lowest BCUT2D eigenvalue weighted by Crippen LogP contribution is -2.25. The lowest BCUT2D eigenvalue weighted by atomic mass is 10.1. The summed E-state index contributed by atoms with van der Waals surface area (Å²) in [5.74, 6) is 0.931. The molecule has 0 saturated heterocycles. The number of sulfone groups is 1. The van der Waals surface area contributed by atoms with Crippen LogP contribution in [0.15, 0.2) is 29.2 Å². The van der Waals surface area contributed by atoms with Crippen molar-refractivity contribution in [1.29, 1.82) is 0 Å². The van der Waals surface area contributed by atoms with Gasteiger partial charge in [0, 0.05) is 18.8 Å². The van der Waals surface area contributed by atoms with Crippen molar-refractivity contribution in [3.63, 3.8) is 0 Å². The molecule has 1 atom stereocenters. The van der Waals surface area contributed by atoms with Gasteiger partial charge in [0.2, 0.25) is 0 Å².